The maximum Gasteiger partial charge on any atom is 0.317 e. The number of nitrogens with one attached hydrogen (secondary N) is 3. The third-order valence-corrected chi connectivity index (χ3v) is 6.40. The van der Waals surface area contributed by atoms with Crippen molar-refractivity contribution in [1.29, 1.82) is 0 Å². The normalized spacial score (nSPS) is 24.2. The molecule has 2 fully saturated rings. The molecule has 1 saturated carbocycles. The molecular formula is C23H27FN6O. The summed E-state index contributed by atoms with van der Waals surface area (Å²) in [4.78, 5) is 24.2. The number of carbonyl (C=O) groups is 1. The van der Waals surface area contributed by atoms with Crippen LogP contribution in [0.25, 0.3) is 0 Å². The fraction of sp³-hybridized carbons (Fsp3) is 0.435. The van der Waals surface area contributed by atoms with E-state index >= 15 is 0 Å². The maximum atomic E-state index is 13.4. The maximum absolute atomic E-state index is 13.4. The molecule has 1 aromatic carbocycles. The van der Waals surface area contributed by atoms with E-state index in [2.05, 4.69) is 20.9 Å². The minimum Gasteiger partial charge on any atom is -0.368 e. The Kier molecular flexibility index (Phi) is 5.21. The van der Waals surface area contributed by atoms with Crippen molar-refractivity contribution in [3.63, 3.8) is 0 Å². The van der Waals surface area contributed by atoms with Crippen LogP contribution in [0.1, 0.15) is 37.7 Å². The molecule has 31 heavy (non-hydrogen) atoms. The lowest BCUT2D eigenvalue weighted by Gasteiger charge is -2.38. The van der Waals surface area contributed by atoms with Crippen molar-refractivity contribution in [3.8, 4) is 0 Å². The molecule has 3 heterocycles. The van der Waals surface area contributed by atoms with E-state index in [0.717, 1.165) is 42.2 Å². The molecule has 2 aliphatic heterocycles. The lowest BCUT2D eigenvalue weighted by Crippen LogP contribution is -2.55. The third-order valence-electron chi connectivity index (χ3n) is 6.40. The average molecular weight is 423 g/mol. The first-order valence-corrected chi connectivity index (χ1v) is 11.0. The molecule has 2 aromatic rings. The summed E-state index contributed by atoms with van der Waals surface area (Å²) in [6.07, 6.45) is 7.16. The van der Waals surface area contributed by atoms with Gasteiger partial charge in [0.25, 0.3) is 0 Å². The zero-order chi connectivity index (χ0) is 21.3. The van der Waals surface area contributed by atoms with E-state index in [1.165, 1.54) is 25.0 Å². The molecule has 1 spiro atoms. The van der Waals surface area contributed by atoms with Crippen LogP contribution in [0, 0.1) is 5.82 Å². The van der Waals surface area contributed by atoms with E-state index in [1.54, 1.807) is 23.2 Å². The van der Waals surface area contributed by atoms with Crippen LogP contribution in [0.2, 0.25) is 0 Å². The van der Waals surface area contributed by atoms with Gasteiger partial charge in [0.05, 0.1) is 18.3 Å². The van der Waals surface area contributed by atoms with Crippen molar-refractivity contribution in [1.82, 2.24) is 15.2 Å². The van der Waals surface area contributed by atoms with Gasteiger partial charge in [-0.15, -0.1) is 0 Å². The number of carbonyl (C=O) groups excluding carboxylic acids is 1. The van der Waals surface area contributed by atoms with Gasteiger partial charge in [-0.1, -0.05) is 25.0 Å². The van der Waals surface area contributed by atoms with Gasteiger partial charge in [-0.25, -0.2) is 14.2 Å². The minimum absolute atomic E-state index is 0.153. The summed E-state index contributed by atoms with van der Waals surface area (Å²) in [6, 6.07) is 10.4. The summed E-state index contributed by atoms with van der Waals surface area (Å²) in [5, 5.41) is 10.0. The molecular weight excluding hydrogens is 395 g/mol. The quantitative estimate of drug-likeness (QED) is 0.704. The first kappa shape index (κ1) is 19.8. The number of halogens is 1. The lowest BCUT2D eigenvalue weighted by molar-refractivity contribution is 0.207. The minimum atomic E-state index is -0.450. The summed E-state index contributed by atoms with van der Waals surface area (Å²) >= 11 is 0. The van der Waals surface area contributed by atoms with Crippen molar-refractivity contribution in [2.45, 2.75) is 50.2 Å². The second-order valence-corrected chi connectivity index (χ2v) is 8.61. The van der Waals surface area contributed by atoms with Gasteiger partial charge in [0.1, 0.15) is 17.2 Å². The Bertz CT molecular complexity index is 1010. The number of urea groups is 1. The predicted octanol–water partition coefficient (Wildman–Crippen LogP) is 3.75. The number of amidine groups is 1. The SMILES string of the molecule is O=C(NCc1cccc(F)c1)N1CC[C@]2(C1)Nc1cccnc1NC2=NC1CCCC1. The van der Waals surface area contributed by atoms with Gasteiger partial charge in [-0.05, 0) is 49.1 Å². The Morgan fingerprint density at radius 3 is 3.00 bits per heavy atom. The van der Waals surface area contributed by atoms with Gasteiger partial charge < -0.3 is 20.9 Å². The molecule has 1 atom stereocenters. The molecule has 1 aromatic heterocycles. The number of nitrogens with zero attached hydrogens (tertiary/aromatic N) is 3. The highest BCUT2D eigenvalue weighted by molar-refractivity contribution is 6.09. The Labute approximate surface area is 181 Å². The standard InChI is InChI=1S/C23H27FN6O/c24-17-6-3-5-16(13-17)14-26-22(31)30-12-10-23(15-30)21(27-18-7-1-2-8-18)28-20-19(29-23)9-4-11-25-20/h3-6,9,11,13,18,29H,1-2,7-8,10,12,14-15H2,(H,26,31)(H,25,27,28)/t23-/m1/s1. The van der Waals surface area contributed by atoms with Gasteiger partial charge in [-0.3, -0.25) is 4.99 Å². The summed E-state index contributed by atoms with van der Waals surface area (Å²) in [6.45, 7) is 1.42. The summed E-state index contributed by atoms with van der Waals surface area (Å²) in [7, 11) is 0. The number of likely N-dealkylation sites (tertiary alicyclic amines) is 1. The zero-order valence-electron chi connectivity index (χ0n) is 17.4. The summed E-state index contributed by atoms with van der Waals surface area (Å²) in [5.41, 5.74) is 1.22. The van der Waals surface area contributed by atoms with E-state index in [4.69, 9.17) is 4.99 Å². The van der Waals surface area contributed by atoms with Crippen molar-refractivity contribution in [2.24, 2.45) is 4.99 Å². The predicted molar refractivity (Wildman–Crippen MR) is 119 cm³/mol. The first-order chi connectivity index (χ1) is 15.1. The van der Waals surface area contributed by atoms with E-state index in [-0.39, 0.29) is 11.8 Å². The monoisotopic (exact) mass is 422 g/mol. The van der Waals surface area contributed by atoms with Crippen LogP contribution in [0.5, 0.6) is 0 Å². The number of aliphatic imine (C=N–C) groups is 1. The van der Waals surface area contributed by atoms with E-state index in [9.17, 15) is 9.18 Å². The Morgan fingerprint density at radius 2 is 2.16 bits per heavy atom. The van der Waals surface area contributed by atoms with Crippen LogP contribution < -0.4 is 16.0 Å². The van der Waals surface area contributed by atoms with Crippen LogP contribution >= 0.6 is 0 Å². The van der Waals surface area contributed by atoms with Gasteiger partial charge in [-0.2, -0.15) is 0 Å². The number of fused-ring (bicyclic) bond motifs is 1. The fourth-order valence-electron chi connectivity index (χ4n) is 4.74. The smallest absolute Gasteiger partial charge is 0.317 e. The fourth-order valence-corrected chi connectivity index (χ4v) is 4.74. The molecule has 1 saturated heterocycles. The molecule has 0 radical (unpaired) electrons. The van der Waals surface area contributed by atoms with Crippen LogP contribution in [-0.4, -0.2) is 46.4 Å². The number of aromatic nitrogens is 1. The number of pyridine rings is 1. The third kappa shape index (κ3) is 4.06. The van der Waals surface area contributed by atoms with Gasteiger partial charge in [0, 0.05) is 19.3 Å². The molecule has 8 heteroatoms. The molecule has 2 amide bonds. The number of benzene rings is 1. The topological polar surface area (TPSA) is 81.7 Å². The highest BCUT2D eigenvalue weighted by Gasteiger charge is 2.47. The van der Waals surface area contributed by atoms with Crippen molar-refractivity contribution >= 4 is 23.4 Å². The largest absolute Gasteiger partial charge is 0.368 e. The second kappa shape index (κ2) is 8.17. The Balaban J connectivity index is 1.33. The van der Waals surface area contributed by atoms with Crippen LogP contribution in [0.15, 0.2) is 47.6 Å². The number of amides is 2. The van der Waals surface area contributed by atoms with Crippen molar-refractivity contribution < 1.29 is 9.18 Å². The van der Waals surface area contributed by atoms with E-state index < -0.39 is 5.54 Å². The first-order valence-electron chi connectivity index (χ1n) is 11.0. The number of hydrogen-bond acceptors (Lipinski definition) is 4. The molecule has 0 bridgehead atoms. The number of anilines is 2. The highest BCUT2D eigenvalue weighted by atomic mass is 19.1. The molecule has 7 nitrogen and oxygen atoms in total. The second-order valence-electron chi connectivity index (χ2n) is 8.61. The van der Waals surface area contributed by atoms with Gasteiger partial charge in [0.2, 0.25) is 0 Å². The van der Waals surface area contributed by atoms with Crippen molar-refractivity contribution in [2.75, 3.05) is 23.7 Å². The zero-order valence-corrected chi connectivity index (χ0v) is 17.4. The Hall–Kier alpha value is -3.16. The molecule has 3 N–H and O–H groups in total. The highest BCUT2D eigenvalue weighted by Crippen LogP contribution is 2.36. The molecule has 5 rings (SSSR count). The average Bonchev–Trinajstić information content (AvgIpc) is 3.43. The van der Waals surface area contributed by atoms with Crippen molar-refractivity contribution in [3.05, 3.63) is 54.0 Å². The molecule has 162 valence electrons. The molecule has 0 unspecified atom stereocenters. The van der Waals surface area contributed by atoms with E-state index in [1.807, 2.05) is 12.1 Å². The van der Waals surface area contributed by atoms with Gasteiger partial charge in [0.15, 0.2) is 5.82 Å². The lowest BCUT2D eigenvalue weighted by atomic mass is 9.93. The van der Waals surface area contributed by atoms with E-state index in [0.29, 0.717) is 25.7 Å². The Morgan fingerprint density at radius 1 is 1.29 bits per heavy atom. The number of hydrogen-bond donors (Lipinski definition) is 3. The van der Waals surface area contributed by atoms with Crippen LogP contribution in [-0.2, 0) is 6.54 Å². The molecule has 1 aliphatic carbocycles. The summed E-state index contributed by atoms with van der Waals surface area (Å²) in [5.74, 6) is 1.36. The van der Waals surface area contributed by atoms with Gasteiger partial charge >= 0.3 is 6.03 Å². The van der Waals surface area contributed by atoms with Crippen LogP contribution in [0.3, 0.4) is 0 Å². The summed E-state index contributed by atoms with van der Waals surface area (Å²) < 4.78 is 13.4. The molecule has 3 aliphatic rings. The number of rotatable bonds is 3. The van der Waals surface area contributed by atoms with Crippen LogP contribution in [0.4, 0.5) is 20.7 Å².